The molecule has 0 spiro atoms. The molecule has 0 heterocycles. The summed E-state index contributed by atoms with van der Waals surface area (Å²) in [5.41, 5.74) is 7.30. The van der Waals surface area contributed by atoms with Crippen molar-refractivity contribution in [3.63, 3.8) is 0 Å². The Morgan fingerprint density at radius 1 is 1.28 bits per heavy atom. The van der Waals surface area contributed by atoms with E-state index in [-0.39, 0.29) is 12.4 Å². The molecule has 102 valence electrons. The third-order valence-corrected chi connectivity index (χ3v) is 5.28. The number of aryl methyl sites for hydroxylation is 1. The Balaban J connectivity index is 2.65. The summed E-state index contributed by atoms with van der Waals surface area (Å²) in [4.78, 5) is 0. The van der Waals surface area contributed by atoms with Crippen molar-refractivity contribution in [1.29, 1.82) is 0 Å². The largest absolute Gasteiger partial charge is 0.490 e. The molecule has 0 bridgehead atoms. The Kier molecular flexibility index (Phi) is 4.27. The number of ether oxygens (including phenoxy) is 1. The van der Waals surface area contributed by atoms with Crippen molar-refractivity contribution in [3.8, 4) is 5.75 Å². The number of anilines is 1. The van der Waals surface area contributed by atoms with Gasteiger partial charge in [-0.1, -0.05) is 6.07 Å². The highest BCUT2D eigenvalue weighted by atomic mass is 32.2. The quantitative estimate of drug-likeness (QED) is 0.852. The van der Waals surface area contributed by atoms with Crippen LogP contribution in [0.3, 0.4) is 0 Å². The van der Waals surface area contributed by atoms with Crippen LogP contribution >= 0.6 is 0 Å². The van der Waals surface area contributed by atoms with E-state index in [1.54, 1.807) is 32.9 Å². The second kappa shape index (κ2) is 5.18. The Morgan fingerprint density at radius 2 is 1.89 bits per heavy atom. The standard InChI is InChI=1S/C13H21NO3S/c1-10-5-6-11(14)12(9-10)17-7-8-18(15,16)13(2,3)4/h5-6,9H,7-8,14H2,1-4H3. The van der Waals surface area contributed by atoms with Crippen molar-refractivity contribution >= 4 is 15.5 Å². The molecule has 1 aromatic carbocycles. The number of sulfone groups is 1. The zero-order chi connectivity index (χ0) is 14.0. The minimum absolute atomic E-state index is 0.0100. The van der Waals surface area contributed by atoms with E-state index in [1.165, 1.54) is 0 Å². The highest BCUT2D eigenvalue weighted by molar-refractivity contribution is 7.92. The van der Waals surface area contributed by atoms with Gasteiger partial charge in [-0.25, -0.2) is 8.42 Å². The molecule has 0 aromatic heterocycles. The van der Waals surface area contributed by atoms with Crippen molar-refractivity contribution in [3.05, 3.63) is 23.8 Å². The van der Waals surface area contributed by atoms with Gasteiger partial charge in [-0.2, -0.15) is 0 Å². The maximum absolute atomic E-state index is 11.9. The van der Waals surface area contributed by atoms with Crippen LogP contribution in [0.4, 0.5) is 5.69 Å². The first-order chi connectivity index (χ1) is 8.13. The number of benzene rings is 1. The van der Waals surface area contributed by atoms with Crippen LogP contribution in [0.1, 0.15) is 26.3 Å². The molecule has 0 saturated heterocycles. The average molecular weight is 271 g/mol. The van der Waals surface area contributed by atoms with Gasteiger partial charge < -0.3 is 10.5 Å². The summed E-state index contributed by atoms with van der Waals surface area (Å²) in [7, 11) is -3.16. The van der Waals surface area contributed by atoms with Gasteiger partial charge in [0.1, 0.15) is 12.4 Å². The van der Waals surface area contributed by atoms with E-state index in [4.69, 9.17) is 10.5 Å². The van der Waals surface area contributed by atoms with Gasteiger partial charge in [-0.05, 0) is 45.4 Å². The summed E-state index contributed by atoms with van der Waals surface area (Å²) in [6.07, 6.45) is 0. The summed E-state index contributed by atoms with van der Waals surface area (Å²) in [6, 6.07) is 5.44. The van der Waals surface area contributed by atoms with E-state index in [0.29, 0.717) is 11.4 Å². The van der Waals surface area contributed by atoms with Crippen molar-refractivity contribution in [2.75, 3.05) is 18.1 Å². The molecule has 0 saturated carbocycles. The van der Waals surface area contributed by atoms with E-state index < -0.39 is 14.6 Å². The van der Waals surface area contributed by atoms with Crippen LogP contribution in [0.25, 0.3) is 0 Å². The third-order valence-electron chi connectivity index (χ3n) is 2.71. The lowest BCUT2D eigenvalue weighted by Crippen LogP contribution is -2.32. The summed E-state index contributed by atoms with van der Waals surface area (Å²) in [6.45, 7) is 7.10. The molecule has 4 nitrogen and oxygen atoms in total. The van der Waals surface area contributed by atoms with Gasteiger partial charge >= 0.3 is 0 Å². The van der Waals surface area contributed by atoms with E-state index in [9.17, 15) is 8.42 Å². The second-order valence-electron chi connectivity index (χ2n) is 5.32. The van der Waals surface area contributed by atoms with Gasteiger partial charge in [0.05, 0.1) is 16.2 Å². The minimum Gasteiger partial charge on any atom is -0.490 e. The van der Waals surface area contributed by atoms with E-state index in [2.05, 4.69) is 0 Å². The SMILES string of the molecule is Cc1ccc(N)c(OCCS(=O)(=O)C(C)(C)C)c1. The molecule has 0 aliphatic heterocycles. The van der Waals surface area contributed by atoms with Crippen LogP contribution in [0.2, 0.25) is 0 Å². The van der Waals surface area contributed by atoms with Crippen LogP contribution in [-0.4, -0.2) is 25.5 Å². The zero-order valence-electron chi connectivity index (χ0n) is 11.4. The number of hydrogen-bond donors (Lipinski definition) is 1. The second-order valence-corrected chi connectivity index (χ2v) is 8.18. The molecule has 0 radical (unpaired) electrons. The number of rotatable bonds is 4. The van der Waals surface area contributed by atoms with Gasteiger partial charge in [-0.3, -0.25) is 0 Å². The predicted octanol–water partition coefficient (Wildman–Crippen LogP) is 2.17. The Hall–Kier alpha value is -1.23. The Labute approximate surface area is 109 Å². The van der Waals surface area contributed by atoms with Gasteiger partial charge in [-0.15, -0.1) is 0 Å². The first-order valence-corrected chi connectivity index (χ1v) is 7.50. The first-order valence-electron chi connectivity index (χ1n) is 5.85. The molecule has 5 heteroatoms. The lowest BCUT2D eigenvalue weighted by molar-refractivity contribution is 0.341. The van der Waals surface area contributed by atoms with Gasteiger partial charge in [0.2, 0.25) is 0 Å². The topological polar surface area (TPSA) is 69.4 Å². The van der Waals surface area contributed by atoms with E-state index in [1.807, 2.05) is 13.0 Å². The molecule has 0 aliphatic carbocycles. The van der Waals surface area contributed by atoms with Crippen LogP contribution in [0.15, 0.2) is 18.2 Å². The first kappa shape index (κ1) is 14.8. The van der Waals surface area contributed by atoms with Crippen molar-refractivity contribution in [2.45, 2.75) is 32.4 Å². The smallest absolute Gasteiger partial charge is 0.158 e. The molecule has 0 aliphatic rings. The van der Waals surface area contributed by atoms with Crippen LogP contribution in [0.5, 0.6) is 5.75 Å². The predicted molar refractivity (Wildman–Crippen MR) is 74.6 cm³/mol. The van der Waals surface area contributed by atoms with Crippen LogP contribution in [0, 0.1) is 6.92 Å². The van der Waals surface area contributed by atoms with Gasteiger partial charge in [0.15, 0.2) is 9.84 Å². The fourth-order valence-corrected chi connectivity index (χ4v) is 2.25. The lowest BCUT2D eigenvalue weighted by Gasteiger charge is -2.19. The average Bonchev–Trinajstić information content (AvgIpc) is 2.21. The number of nitrogen functional groups attached to an aromatic ring is 1. The molecular weight excluding hydrogens is 250 g/mol. The van der Waals surface area contributed by atoms with Gasteiger partial charge in [0.25, 0.3) is 0 Å². The molecule has 0 fully saturated rings. The molecule has 0 atom stereocenters. The van der Waals surface area contributed by atoms with E-state index in [0.717, 1.165) is 5.56 Å². The summed E-state index contributed by atoms with van der Waals surface area (Å²) < 4.78 is 28.5. The molecule has 18 heavy (non-hydrogen) atoms. The number of hydrogen-bond acceptors (Lipinski definition) is 4. The monoisotopic (exact) mass is 271 g/mol. The lowest BCUT2D eigenvalue weighted by atomic mass is 10.2. The highest BCUT2D eigenvalue weighted by Gasteiger charge is 2.28. The van der Waals surface area contributed by atoms with Crippen LogP contribution < -0.4 is 10.5 Å². The molecule has 2 N–H and O–H groups in total. The Bertz CT molecular complexity index is 516. The molecule has 1 aromatic rings. The summed E-state index contributed by atoms with van der Waals surface area (Å²) in [5, 5.41) is 0. The van der Waals surface area contributed by atoms with E-state index >= 15 is 0 Å². The molecular formula is C13H21NO3S. The van der Waals surface area contributed by atoms with Crippen molar-refractivity contribution in [1.82, 2.24) is 0 Å². The zero-order valence-corrected chi connectivity index (χ0v) is 12.2. The molecule has 0 unspecified atom stereocenters. The normalized spacial score (nSPS) is 12.4. The fraction of sp³-hybridized carbons (Fsp3) is 0.538. The Morgan fingerprint density at radius 3 is 2.44 bits per heavy atom. The van der Waals surface area contributed by atoms with Crippen molar-refractivity contribution in [2.24, 2.45) is 0 Å². The maximum atomic E-state index is 11.9. The van der Waals surface area contributed by atoms with Crippen molar-refractivity contribution < 1.29 is 13.2 Å². The minimum atomic E-state index is -3.16. The van der Waals surface area contributed by atoms with Gasteiger partial charge in [0, 0.05) is 0 Å². The fourth-order valence-electron chi connectivity index (χ4n) is 1.33. The summed E-state index contributed by atoms with van der Waals surface area (Å²) >= 11 is 0. The third kappa shape index (κ3) is 3.63. The number of nitrogens with two attached hydrogens (primary N) is 1. The maximum Gasteiger partial charge on any atom is 0.158 e. The molecule has 0 amide bonds. The highest BCUT2D eigenvalue weighted by Crippen LogP contribution is 2.23. The molecule has 1 rings (SSSR count). The van der Waals surface area contributed by atoms with Crippen LogP contribution in [-0.2, 0) is 9.84 Å². The summed E-state index contributed by atoms with van der Waals surface area (Å²) in [5.74, 6) is 0.531.